The zero-order valence-electron chi connectivity index (χ0n) is 17.6. The minimum atomic E-state index is -0.499. The fourth-order valence-corrected chi connectivity index (χ4v) is 3.52. The minimum absolute atomic E-state index is 0.225. The van der Waals surface area contributed by atoms with Crippen molar-refractivity contribution < 1.29 is 19.2 Å². The predicted molar refractivity (Wildman–Crippen MR) is 118 cm³/mol. The molecule has 0 saturated heterocycles. The Morgan fingerprint density at radius 1 is 0.969 bits per heavy atom. The zero-order chi connectivity index (χ0) is 22.8. The highest BCUT2D eigenvalue weighted by molar-refractivity contribution is 6.34. The van der Waals surface area contributed by atoms with Crippen LogP contribution in [0, 0.1) is 0 Å². The summed E-state index contributed by atoms with van der Waals surface area (Å²) in [6.07, 6.45) is 2.17. The van der Waals surface area contributed by atoms with Crippen LogP contribution < -0.4 is 15.5 Å². The van der Waals surface area contributed by atoms with Gasteiger partial charge in [0.25, 0.3) is 23.6 Å². The minimum Gasteiger partial charge on any atom is -0.351 e. The van der Waals surface area contributed by atoms with Gasteiger partial charge in [-0.05, 0) is 36.8 Å². The highest BCUT2D eigenvalue weighted by Crippen LogP contribution is 2.29. The van der Waals surface area contributed by atoms with Gasteiger partial charge in [0.05, 0.1) is 28.7 Å². The molecule has 9 nitrogen and oxygen atoms in total. The maximum atomic E-state index is 12.9. The Morgan fingerprint density at radius 2 is 1.66 bits per heavy atom. The molecule has 0 fully saturated rings. The molecule has 0 aliphatic carbocycles. The van der Waals surface area contributed by atoms with Gasteiger partial charge in [-0.15, -0.1) is 0 Å². The first-order valence-electron chi connectivity index (χ1n) is 10.1. The molecule has 162 valence electrons. The van der Waals surface area contributed by atoms with E-state index < -0.39 is 17.7 Å². The van der Waals surface area contributed by atoms with E-state index in [0.29, 0.717) is 17.7 Å². The van der Waals surface area contributed by atoms with Crippen molar-refractivity contribution in [2.24, 2.45) is 7.05 Å². The van der Waals surface area contributed by atoms with E-state index >= 15 is 0 Å². The monoisotopic (exact) mass is 431 g/mol. The van der Waals surface area contributed by atoms with Crippen LogP contribution in [-0.4, -0.2) is 40.0 Å². The van der Waals surface area contributed by atoms with Crippen LogP contribution in [0.15, 0.2) is 54.7 Å². The lowest BCUT2D eigenvalue weighted by atomic mass is 10.1. The molecule has 4 rings (SSSR count). The Balaban J connectivity index is 1.58. The van der Waals surface area contributed by atoms with Crippen molar-refractivity contribution in [3.05, 3.63) is 77.1 Å². The fourth-order valence-electron chi connectivity index (χ4n) is 3.52. The molecule has 0 spiro atoms. The summed E-state index contributed by atoms with van der Waals surface area (Å²) in [6, 6.07) is 12.8. The molecule has 0 unspecified atom stereocenters. The van der Waals surface area contributed by atoms with Crippen molar-refractivity contribution in [3.8, 4) is 0 Å². The highest BCUT2D eigenvalue weighted by atomic mass is 16.2. The summed E-state index contributed by atoms with van der Waals surface area (Å²) < 4.78 is 1.38. The predicted octanol–water partition coefficient (Wildman–Crippen LogP) is 2.61. The van der Waals surface area contributed by atoms with Crippen LogP contribution in [0.3, 0.4) is 0 Å². The number of hydrogen-bond acceptors (Lipinski definition) is 5. The van der Waals surface area contributed by atoms with Crippen molar-refractivity contribution >= 4 is 35.0 Å². The van der Waals surface area contributed by atoms with Gasteiger partial charge in [0.2, 0.25) is 0 Å². The Morgan fingerprint density at radius 3 is 2.31 bits per heavy atom. The lowest BCUT2D eigenvalue weighted by molar-refractivity contribution is 0.0919. The van der Waals surface area contributed by atoms with Crippen LogP contribution >= 0.6 is 0 Å². The van der Waals surface area contributed by atoms with E-state index in [-0.39, 0.29) is 28.5 Å². The zero-order valence-corrected chi connectivity index (χ0v) is 17.6. The summed E-state index contributed by atoms with van der Waals surface area (Å²) in [5, 5.41) is 9.51. The van der Waals surface area contributed by atoms with Gasteiger partial charge in [-0.25, -0.2) is 4.90 Å². The van der Waals surface area contributed by atoms with E-state index in [1.165, 1.54) is 16.9 Å². The maximum absolute atomic E-state index is 12.9. The topological polar surface area (TPSA) is 113 Å². The number of aryl methyl sites for hydroxylation is 1. The van der Waals surface area contributed by atoms with Crippen molar-refractivity contribution in [1.82, 2.24) is 15.1 Å². The Labute approximate surface area is 184 Å². The number of rotatable bonds is 6. The van der Waals surface area contributed by atoms with Gasteiger partial charge in [0.1, 0.15) is 5.69 Å². The quantitative estimate of drug-likeness (QED) is 0.583. The Hall–Kier alpha value is -4.27. The Kier molecular flexibility index (Phi) is 5.55. The smallest absolute Gasteiger partial charge is 0.271 e. The molecular weight excluding hydrogens is 410 g/mol. The number of carbonyl (C=O) groups is 4. The van der Waals surface area contributed by atoms with Gasteiger partial charge >= 0.3 is 0 Å². The normalized spacial score (nSPS) is 12.6. The van der Waals surface area contributed by atoms with Crippen LogP contribution in [0.4, 0.5) is 11.4 Å². The van der Waals surface area contributed by atoms with E-state index in [1.54, 1.807) is 49.5 Å². The second kappa shape index (κ2) is 8.46. The van der Waals surface area contributed by atoms with Gasteiger partial charge in [-0.2, -0.15) is 5.10 Å². The van der Waals surface area contributed by atoms with Crippen molar-refractivity contribution in [2.45, 2.75) is 13.3 Å². The summed E-state index contributed by atoms with van der Waals surface area (Å²) >= 11 is 0. The first-order valence-corrected chi connectivity index (χ1v) is 10.1. The molecule has 2 aromatic carbocycles. The summed E-state index contributed by atoms with van der Waals surface area (Å²) in [7, 11) is 1.61. The van der Waals surface area contributed by atoms with E-state index in [4.69, 9.17) is 0 Å². The standard InChI is InChI=1S/C23H21N5O4/c1-3-11-24-21(30)19-18(13-25-27(19)2)26-20(29)14-7-6-8-15(12-14)28-22(31)16-9-4-5-10-17(16)23(28)32/h4-10,12-13H,3,11H2,1-2H3,(H,24,30)(H,26,29). The lowest BCUT2D eigenvalue weighted by Crippen LogP contribution is -2.29. The third kappa shape index (κ3) is 3.64. The number of aromatic nitrogens is 2. The number of anilines is 2. The molecule has 9 heteroatoms. The molecule has 1 aromatic heterocycles. The van der Waals surface area contributed by atoms with E-state index in [9.17, 15) is 19.2 Å². The van der Waals surface area contributed by atoms with E-state index in [1.807, 2.05) is 6.92 Å². The molecule has 0 atom stereocenters. The van der Waals surface area contributed by atoms with Crippen LogP contribution in [-0.2, 0) is 7.05 Å². The average molecular weight is 431 g/mol. The third-order valence-electron chi connectivity index (χ3n) is 5.10. The first kappa shape index (κ1) is 21.0. The molecule has 1 aliphatic heterocycles. The summed E-state index contributed by atoms with van der Waals surface area (Å²) in [6.45, 7) is 2.44. The number of imide groups is 1. The van der Waals surface area contributed by atoms with Gasteiger partial charge in [0, 0.05) is 19.2 Å². The lowest BCUT2D eigenvalue weighted by Gasteiger charge is -2.15. The number of benzene rings is 2. The number of nitrogens with zero attached hydrogens (tertiary/aromatic N) is 3. The molecule has 1 aliphatic rings. The van der Waals surface area contributed by atoms with Crippen LogP contribution in [0.2, 0.25) is 0 Å². The largest absolute Gasteiger partial charge is 0.351 e. The van der Waals surface area contributed by atoms with Gasteiger partial charge in [-0.1, -0.05) is 25.1 Å². The van der Waals surface area contributed by atoms with E-state index in [0.717, 1.165) is 11.3 Å². The highest BCUT2D eigenvalue weighted by Gasteiger charge is 2.36. The first-order chi connectivity index (χ1) is 15.4. The molecule has 32 heavy (non-hydrogen) atoms. The molecule has 2 heterocycles. The number of fused-ring (bicyclic) bond motifs is 1. The number of nitrogens with one attached hydrogen (secondary N) is 2. The summed E-state index contributed by atoms with van der Waals surface area (Å²) in [5.41, 5.74) is 1.65. The molecule has 0 bridgehead atoms. The molecule has 0 radical (unpaired) electrons. The Bertz CT molecular complexity index is 1210. The molecule has 2 N–H and O–H groups in total. The van der Waals surface area contributed by atoms with Crippen molar-refractivity contribution in [3.63, 3.8) is 0 Å². The van der Waals surface area contributed by atoms with Crippen LogP contribution in [0.1, 0.15) is 54.9 Å². The van der Waals surface area contributed by atoms with Gasteiger partial charge in [-0.3, -0.25) is 23.9 Å². The second-order valence-electron chi connectivity index (χ2n) is 7.28. The van der Waals surface area contributed by atoms with Crippen molar-refractivity contribution in [1.29, 1.82) is 0 Å². The summed E-state index contributed by atoms with van der Waals surface area (Å²) in [4.78, 5) is 51.8. The third-order valence-corrected chi connectivity index (χ3v) is 5.10. The second-order valence-corrected chi connectivity index (χ2v) is 7.28. The molecule has 4 amide bonds. The molecule has 0 saturated carbocycles. The molecule has 3 aromatic rings. The summed E-state index contributed by atoms with van der Waals surface area (Å²) in [5.74, 6) is -1.72. The molecular formula is C23H21N5O4. The maximum Gasteiger partial charge on any atom is 0.271 e. The van der Waals surface area contributed by atoms with Crippen molar-refractivity contribution in [2.75, 3.05) is 16.8 Å². The number of carbonyl (C=O) groups excluding carboxylic acids is 4. The van der Waals surface area contributed by atoms with Crippen LogP contribution in [0.25, 0.3) is 0 Å². The fraction of sp³-hybridized carbons (Fsp3) is 0.174. The average Bonchev–Trinajstić information content (AvgIpc) is 3.29. The number of hydrogen-bond donors (Lipinski definition) is 2. The van der Waals surface area contributed by atoms with Crippen LogP contribution in [0.5, 0.6) is 0 Å². The van der Waals surface area contributed by atoms with Gasteiger partial charge < -0.3 is 10.6 Å². The van der Waals surface area contributed by atoms with E-state index in [2.05, 4.69) is 15.7 Å². The number of amides is 4. The SMILES string of the molecule is CCCNC(=O)c1c(NC(=O)c2cccc(N3C(=O)c4ccccc4C3=O)c2)cnn1C. The van der Waals surface area contributed by atoms with Gasteiger partial charge in [0.15, 0.2) is 0 Å².